The highest BCUT2D eigenvalue weighted by atomic mass is 16.6. The first-order valence-corrected chi connectivity index (χ1v) is 18.6. The van der Waals surface area contributed by atoms with Gasteiger partial charge in [0.05, 0.1) is 24.7 Å². The number of nitrogens with one attached hydrogen (secondary N) is 1. The number of ether oxygens (including phenoxy) is 2. The Bertz CT molecular complexity index is 1380. The minimum absolute atomic E-state index is 0.133. The molecule has 3 saturated carbocycles. The van der Waals surface area contributed by atoms with Crippen molar-refractivity contribution in [1.29, 1.82) is 0 Å². The third-order valence-corrected chi connectivity index (χ3v) is 15.0. The van der Waals surface area contributed by atoms with Crippen LogP contribution in [-0.2, 0) is 14.3 Å². The molecule has 1 aliphatic heterocycles. The number of nitrogen functional groups attached to an aromatic ring is 1. The zero-order valence-electron chi connectivity index (χ0n) is 31.1. The fourth-order valence-electron chi connectivity index (χ4n) is 12.0. The maximum Gasteiger partial charge on any atom is 0.307 e. The van der Waals surface area contributed by atoms with E-state index in [4.69, 9.17) is 15.2 Å². The number of anilines is 1. The molecule has 11 heteroatoms. The largest absolute Gasteiger partial charge is 0.481 e. The number of hydrogen-bond donors (Lipinski definition) is 3. The Morgan fingerprint density at radius 3 is 2.56 bits per heavy atom. The van der Waals surface area contributed by atoms with Gasteiger partial charge in [-0.3, -0.25) is 4.79 Å². The van der Waals surface area contributed by atoms with Gasteiger partial charge in [0, 0.05) is 17.9 Å². The summed E-state index contributed by atoms with van der Waals surface area (Å²) in [7, 11) is 4.20. The average molecular weight is 670 g/mol. The van der Waals surface area contributed by atoms with Crippen molar-refractivity contribution in [3.05, 3.63) is 11.6 Å². The number of hydrogen-bond acceptors (Lipinski definition) is 9. The van der Waals surface area contributed by atoms with Gasteiger partial charge in [0.25, 0.3) is 5.95 Å². The Labute approximate surface area is 288 Å². The number of carbonyl (C=O) groups is 1. The van der Waals surface area contributed by atoms with Gasteiger partial charge in [-0.25, -0.2) is 0 Å². The predicted molar refractivity (Wildman–Crippen MR) is 186 cm³/mol. The third kappa shape index (κ3) is 5.27. The molecule has 4 N–H and O–H groups in total. The number of rotatable bonds is 12. The summed E-state index contributed by atoms with van der Waals surface area (Å²) in [5.74, 6) is 0.466. The van der Waals surface area contributed by atoms with E-state index >= 15 is 0 Å². The molecular weight excluding hydrogens is 606 g/mol. The average Bonchev–Trinajstić information content (AvgIpc) is 3.55. The van der Waals surface area contributed by atoms with Crippen LogP contribution in [0.15, 0.2) is 11.6 Å². The zero-order valence-corrected chi connectivity index (χ0v) is 31.1. The highest BCUT2D eigenvalue weighted by Crippen LogP contribution is 2.75. The van der Waals surface area contributed by atoms with Crippen molar-refractivity contribution < 1.29 is 19.4 Å². The first-order chi connectivity index (χ1) is 22.5. The van der Waals surface area contributed by atoms with E-state index in [1.165, 1.54) is 5.57 Å². The van der Waals surface area contributed by atoms with Crippen LogP contribution < -0.4 is 11.1 Å². The van der Waals surface area contributed by atoms with Crippen molar-refractivity contribution in [2.75, 3.05) is 52.7 Å². The molecule has 2 bridgehead atoms. The second-order valence-electron chi connectivity index (χ2n) is 17.8. The quantitative estimate of drug-likeness (QED) is 0.204. The van der Waals surface area contributed by atoms with Crippen molar-refractivity contribution in [3.63, 3.8) is 0 Å². The topological polar surface area (TPSA) is 141 Å². The molecule has 4 aliphatic carbocycles. The number of fused-ring (bicyclic) bond motifs is 3. The number of aliphatic carboxylic acids is 1. The Hall–Kier alpha value is -2.08. The standard InChI is InChI=1S/C37H63N7O4/c1-23(2)24(3)33(4)15-16-34(5)25-11-12-28-36(7)30(47-20-18-39-17-10-19-43(8)9)27(44-41-32(38)40-42-44)21-37(28,22-48-36)26(25)13-14-35(34,6)29(33)31(45)46/h13,23-25,27-30,39H,10-12,14-22H2,1-9H3,(H2,38,41)(H,45,46)/t24-,25+,27-,28+,29-,30+,33-,34-,35+,36+,37+/m1/s1. The second kappa shape index (κ2) is 12.6. The molecule has 0 unspecified atom stereocenters. The van der Waals surface area contributed by atoms with Gasteiger partial charge < -0.3 is 30.5 Å². The Kier molecular flexibility index (Phi) is 9.38. The summed E-state index contributed by atoms with van der Waals surface area (Å²) in [5, 5.41) is 27.5. The van der Waals surface area contributed by atoms with Gasteiger partial charge in [0.1, 0.15) is 12.1 Å². The first kappa shape index (κ1) is 35.7. The van der Waals surface area contributed by atoms with Gasteiger partial charge in [-0.1, -0.05) is 58.3 Å². The number of nitrogens with zero attached hydrogens (tertiary/aromatic N) is 5. The molecule has 1 saturated heterocycles. The molecule has 1 aromatic rings. The Morgan fingerprint density at radius 2 is 1.92 bits per heavy atom. The molecule has 0 amide bonds. The molecule has 4 fully saturated rings. The van der Waals surface area contributed by atoms with Crippen LogP contribution in [0.25, 0.3) is 0 Å². The van der Waals surface area contributed by atoms with E-state index in [1.807, 2.05) is 0 Å². The Morgan fingerprint density at radius 1 is 1.17 bits per heavy atom. The second-order valence-corrected chi connectivity index (χ2v) is 17.8. The van der Waals surface area contributed by atoms with Crippen molar-refractivity contribution in [2.45, 2.75) is 111 Å². The monoisotopic (exact) mass is 669 g/mol. The van der Waals surface area contributed by atoms with E-state index in [0.29, 0.717) is 36.9 Å². The van der Waals surface area contributed by atoms with Crippen LogP contribution in [0.3, 0.4) is 0 Å². The van der Waals surface area contributed by atoms with Crippen LogP contribution >= 0.6 is 0 Å². The minimum atomic E-state index is -0.626. The van der Waals surface area contributed by atoms with Crippen LogP contribution in [0.4, 0.5) is 5.95 Å². The molecule has 48 heavy (non-hydrogen) atoms. The third-order valence-electron chi connectivity index (χ3n) is 15.0. The number of allylic oxidation sites excluding steroid dienone is 1. The number of tetrazole rings is 1. The molecule has 6 rings (SSSR count). The number of nitrogens with two attached hydrogens (primary N) is 1. The zero-order chi connectivity index (χ0) is 34.9. The van der Waals surface area contributed by atoms with Crippen LogP contribution in [0.1, 0.15) is 99.5 Å². The maximum atomic E-state index is 13.4. The lowest BCUT2D eigenvalue weighted by Crippen LogP contribution is -2.65. The predicted octanol–water partition coefficient (Wildman–Crippen LogP) is 5.06. The molecular formula is C37H63N7O4. The molecule has 11 atom stereocenters. The molecule has 0 aromatic carbocycles. The van der Waals surface area contributed by atoms with Crippen molar-refractivity contribution in [1.82, 2.24) is 30.4 Å². The normalized spacial score (nSPS) is 42.6. The smallest absolute Gasteiger partial charge is 0.307 e. The molecule has 0 radical (unpaired) electrons. The first-order valence-electron chi connectivity index (χ1n) is 18.6. The summed E-state index contributed by atoms with van der Waals surface area (Å²) in [6, 6.07) is -0.179. The Balaban J connectivity index is 1.32. The summed E-state index contributed by atoms with van der Waals surface area (Å²) in [5.41, 5.74) is 6.06. The fourth-order valence-corrected chi connectivity index (χ4v) is 12.0. The molecule has 5 aliphatic rings. The van der Waals surface area contributed by atoms with Gasteiger partial charge in [-0.05, 0) is 118 Å². The molecule has 0 spiro atoms. The van der Waals surface area contributed by atoms with E-state index in [1.54, 1.807) is 4.80 Å². The maximum absolute atomic E-state index is 13.4. The molecule has 2 heterocycles. The van der Waals surface area contributed by atoms with E-state index in [0.717, 1.165) is 64.6 Å². The fraction of sp³-hybridized carbons (Fsp3) is 0.892. The number of carboxylic acids is 1. The van der Waals surface area contributed by atoms with E-state index in [9.17, 15) is 9.90 Å². The summed E-state index contributed by atoms with van der Waals surface area (Å²) in [6.07, 6.45) is 8.95. The lowest BCUT2D eigenvalue weighted by Gasteiger charge is -2.68. The van der Waals surface area contributed by atoms with Crippen LogP contribution in [0.5, 0.6) is 0 Å². The summed E-state index contributed by atoms with van der Waals surface area (Å²) in [6.45, 7) is 20.0. The van der Waals surface area contributed by atoms with Crippen molar-refractivity contribution in [3.8, 4) is 0 Å². The van der Waals surface area contributed by atoms with Gasteiger partial charge >= 0.3 is 5.97 Å². The van der Waals surface area contributed by atoms with E-state index < -0.39 is 17.5 Å². The summed E-state index contributed by atoms with van der Waals surface area (Å²) >= 11 is 0. The van der Waals surface area contributed by atoms with Gasteiger partial charge in [0.15, 0.2) is 0 Å². The highest BCUT2D eigenvalue weighted by Gasteiger charge is 2.73. The highest BCUT2D eigenvalue weighted by molar-refractivity contribution is 5.73. The number of aromatic nitrogens is 4. The van der Waals surface area contributed by atoms with Crippen molar-refractivity contribution in [2.24, 2.45) is 51.2 Å². The van der Waals surface area contributed by atoms with Crippen LogP contribution in [0, 0.1) is 51.2 Å². The molecule has 1 aromatic heterocycles. The summed E-state index contributed by atoms with van der Waals surface area (Å²) < 4.78 is 13.8. The molecule has 270 valence electrons. The van der Waals surface area contributed by atoms with Crippen LogP contribution in [-0.4, -0.2) is 94.8 Å². The lowest BCUT2D eigenvalue weighted by molar-refractivity contribution is -0.198. The molecule has 11 nitrogen and oxygen atoms in total. The number of carboxylic acid groups (broad SMARTS) is 1. The van der Waals surface area contributed by atoms with Gasteiger partial charge in [-0.2, -0.15) is 4.80 Å². The summed E-state index contributed by atoms with van der Waals surface area (Å²) in [4.78, 5) is 17.3. The van der Waals surface area contributed by atoms with Crippen molar-refractivity contribution >= 4 is 11.9 Å². The SMILES string of the molecule is CC(C)[C@@H](C)[C@@]1(C)CC[C@]2(C)[C@H]3CC[C@@H]4[C@@]5(CO[C@]4(C)[C@@H](OCCNCCCN(C)C)[C@H](n4nnc(N)n4)C5)C3=CC[C@@]2(C)[C@@H]1C(=O)O. The van der Waals surface area contributed by atoms with E-state index in [2.05, 4.69) is 94.3 Å². The van der Waals surface area contributed by atoms with Crippen LogP contribution in [0.2, 0.25) is 0 Å². The lowest BCUT2D eigenvalue weighted by atomic mass is 9.35. The van der Waals surface area contributed by atoms with Gasteiger partial charge in [-0.15, -0.1) is 5.10 Å². The van der Waals surface area contributed by atoms with E-state index in [-0.39, 0.29) is 39.8 Å². The minimum Gasteiger partial charge on any atom is -0.481 e. The van der Waals surface area contributed by atoms with Gasteiger partial charge in [0.2, 0.25) is 0 Å².